The lowest BCUT2D eigenvalue weighted by atomic mass is 10.1. The summed E-state index contributed by atoms with van der Waals surface area (Å²) in [5.74, 6) is 0.680. The average molecular weight is 419 g/mol. The van der Waals surface area contributed by atoms with Gasteiger partial charge in [0.25, 0.3) is 0 Å². The van der Waals surface area contributed by atoms with Crippen LogP contribution in [0.1, 0.15) is 23.6 Å². The second-order valence-electron chi connectivity index (χ2n) is 5.98. The van der Waals surface area contributed by atoms with Gasteiger partial charge in [-0.15, -0.1) is 0 Å². The van der Waals surface area contributed by atoms with Crippen LogP contribution in [-0.2, 0) is 13.0 Å². The Morgan fingerprint density at radius 3 is 2.30 bits per heavy atom. The molecule has 0 spiro atoms. The minimum atomic E-state index is 0.323. The predicted molar refractivity (Wildman–Crippen MR) is 115 cm³/mol. The molecule has 0 atom stereocenters. The molecule has 3 aromatic rings. The van der Waals surface area contributed by atoms with Crippen molar-refractivity contribution in [3.05, 3.63) is 92.4 Å². The molecule has 5 heteroatoms. The maximum atomic E-state index is 6.21. The Balaban J connectivity index is 1.78. The van der Waals surface area contributed by atoms with E-state index in [0.717, 1.165) is 23.2 Å². The minimum absolute atomic E-state index is 0.323. The van der Waals surface area contributed by atoms with Crippen molar-refractivity contribution in [2.75, 3.05) is 0 Å². The summed E-state index contributed by atoms with van der Waals surface area (Å²) in [5.41, 5.74) is 3.81. The molecule has 0 N–H and O–H groups in total. The lowest BCUT2D eigenvalue weighted by Crippen LogP contribution is -1.99. The highest BCUT2D eigenvalue weighted by atomic mass is 35.5. The molecule has 0 radical (unpaired) electrons. The highest BCUT2D eigenvalue weighted by Gasteiger charge is 2.06. The number of ether oxygens (including phenoxy) is 1. The molecule has 0 bridgehead atoms. The Morgan fingerprint density at radius 1 is 0.889 bits per heavy atom. The number of aryl methyl sites for hydroxylation is 1. The molecule has 0 fully saturated rings. The van der Waals surface area contributed by atoms with E-state index in [1.54, 1.807) is 24.4 Å². The first-order valence-corrected chi connectivity index (χ1v) is 9.68. The normalized spacial score (nSPS) is 11.1. The summed E-state index contributed by atoms with van der Waals surface area (Å²) in [4.78, 5) is 4.53. The zero-order valence-electron chi connectivity index (χ0n) is 14.8. The van der Waals surface area contributed by atoms with Crippen LogP contribution in [-0.4, -0.2) is 6.21 Å². The molecule has 2 nitrogen and oxygen atoms in total. The molecule has 0 saturated heterocycles. The average Bonchev–Trinajstić information content (AvgIpc) is 2.67. The molecule has 0 amide bonds. The Kier molecular flexibility index (Phi) is 6.78. The molecule has 3 aromatic carbocycles. The molecular formula is C22H18Cl3NO. The van der Waals surface area contributed by atoms with Gasteiger partial charge in [0, 0.05) is 32.4 Å². The van der Waals surface area contributed by atoms with Crippen LogP contribution >= 0.6 is 34.8 Å². The molecule has 0 aromatic heterocycles. The highest BCUT2D eigenvalue weighted by molar-refractivity contribution is 6.35. The third kappa shape index (κ3) is 5.49. The molecule has 0 heterocycles. The third-order valence-corrected chi connectivity index (χ3v) is 4.89. The van der Waals surface area contributed by atoms with Crippen LogP contribution in [0.4, 0.5) is 5.69 Å². The molecule has 0 aliphatic carbocycles. The SMILES string of the molecule is CCc1ccc(N=Cc2cc(Cl)ccc2OCc2ccc(Cl)cc2Cl)cc1. The number of hydrogen-bond donors (Lipinski definition) is 0. The van der Waals surface area contributed by atoms with Crippen molar-refractivity contribution in [1.82, 2.24) is 0 Å². The Hall–Kier alpha value is -2.00. The van der Waals surface area contributed by atoms with E-state index < -0.39 is 0 Å². The van der Waals surface area contributed by atoms with Crippen molar-refractivity contribution in [3.63, 3.8) is 0 Å². The Morgan fingerprint density at radius 2 is 1.59 bits per heavy atom. The van der Waals surface area contributed by atoms with Crippen LogP contribution in [0.2, 0.25) is 15.1 Å². The number of aliphatic imine (C=N–C) groups is 1. The van der Waals surface area contributed by atoms with Crippen LogP contribution in [0, 0.1) is 0 Å². The van der Waals surface area contributed by atoms with E-state index in [-0.39, 0.29) is 0 Å². The summed E-state index contributed by atoms with van der Waals surface area (Å²) in [6.45, 7) is 2.45. The second-order valence-corrected chi connectivity index (χ2v) is 7.26. The van der Waals surface area contributed by atoms with Gasteiger partial charge in [0.2, 0.25) is 0 Å². The van der Waals surface area contributed by atoms with E-state index in [2.05, 4.69) is 24.0 Å². The number of halogens is 3. The second kappa shape index (κ2) is 9.27. The summed E-state index contributed by atoms with van der Waals surface area (Å²) in [6.07, 6.45) is 2.76. The number of rotatable bonds is 6. The first-order valence-electron chi connectivity index (χ1n) is 8.54. The van der Waals surface area contributed by atoms with Gasteiger partial charge >= 0.3 is 0 Å². The fraction of sp³-hybridized carbons (Fsp3) is 0.136. The van der Waals surface area contributed by atoms with E-state index in [1.807, 2.05) is 30.3 Å². The molecule has 0 saturated carbocycles. The van der Waals surface area contributed by atoms with Gasteiger partial charge in [-0.3, -0.25) is 4.99 Å². The van der Waals surface area contributed by atoms with Crippen molar-refractivity contribution in [2.45, 2.75) is 20.0 Å². The van der Waals surface area contributed by atoms with Gasteiger partial charge in [0.1, 0.15) is 12.4 Å². The topological polar surface area (TPSA) is 21.6 Å². The molecule has 27 heavy (non-hydrogen) atoms. The summed E-state index contributed by atoms with van der Waals surface area (Å²) in [5, 5.41) is 1.79. The van der Waals surface area contributed by atoms with Crippen molar-refractivity contribution in [1.29, 1.82) is 0 Å². The van der Waals surface area contributed by atoms with E-state index in [4.69, 9.17) is 39.5 Å². The Labute approximate surface area is 174 Å². The maximum Gasteiger partial charge on any atom is 0.128 e. The lowest BCUT2D eigenvalue weighted by Gasteiger charge is -2.11. The molecule has 0 aliphatic heterocycles. The van der Waals surface area contributed by atoms with E-state index in [9.17, 15) is 0 Å². The fourth-order valence-corrected chi connectivity index (χ4v) is 3.15. The first kappa shape index (κ1) is 19.8. The number of hydrogen-bond acceptors (Lipinski definition) is 2. The molecule has 3 rings (SSSR count). The third-order valence-electron chi connectivity index (χ3n) is 4.07. The first-order chi connectivity index (χ1) is 13.0. The van der Waals surface area contributed by atoms with Crippen molar-refractivity contribution < 1.29 is 4.74 Å². The van der Waals surface area contributed by atoms with Crippen LogP contribution < -0.4 is 4.74 Å². The number of nitrogens with zero attached hydrogens (tertiary/aromatic N) is 1. The zero-order chi connectivity index (χ0) is 19.2. The summed E-state index contributed by atoms with van der Waals surface area (Å²) < 4.78 is 5.95. The van der Waals surface area contributed by atoms with Gasteiger partial charge < -0.3 is 4.74 Å². The van der Waals surface area contributed by atoms with Crippen LogP contribution in [0.5, 0.6) is 5.75 Å². The monoisotopic (exact) mass is 417 g/mol. The Bertz CT molecular complexity index is 952. The van der Waals surface area contributed by atoms with Gasteiger partial charge in [0.15, 0.2) is 0 Å². The van der Waals surface area contributed by atoms with Gasteiger partial charge in [-0.25, -0.2) is 0 Å². The molecule has 138 valence electrons. The lowest BCUT2D eigenvalue weighted by molar-refractivity contribution is 0.306. The summed E-state index contributed by atoms with van der Waals surface area (Å²) in [7, 11) is 0. The maximum absolute atomic E-state index is 6.21. The van der Waals surface area contributed by atoms with E-state index in [1.165, 1.54) is 5.56 Å². The van der Waals surface area contributed by atoms with Gasteiger partial charge in [-0.1, -0.05) is 59.9 Å². The van der Waals surface area contributed by atoms with Crippen LogP contribution in [0.25, 0.3) is 0 Å². The van der Waals surface area contributed by atoms with Crippen LogP contribution in [0.3, 0.4) is 0 Å². The number of benzene rings is 3. The van der Waals surface area contributed by atoms with Crippen molar-refractivity contribution in [2.24, 2.45) is 4.99 Å². The molecular weight excluding hydrogens is 401 g/mol. The molecule has 0 unspecified atom stereocenters. The van der Waals surface area contributed by atoms with Crippen molar-refractivity contribution >= 4 is 46.7 Å². The standard InChI is InChI=1S/C22H18Cl3NO/c1-2-15-3-8-20(9-4-15)26-13-17-11-18(23)7-10-22(17)27-14-16-5-6-19(24)12-21(16)25/h3-13H,2,14H2,1H3. The predicted octanol–water partition coefficient (Wildman–Crippen LogP) is 7.54. The molecule has 0 aliphatic rings. The highest BCUT2D eigenvalue weighted by Crippen LogP contribution is 2.26. The minimum Gasteiger partial charge on any atom is -0.488 e. The van der Waals surface area contributed by atoms with Crippen molar-refractivity contribution in [3.8, 4) is 5.75 Å². The van der Waals surface area contributed by atoms with Gasteiger partial charge in [-0.2, -0.15) is 0 Å². The van der Waals surface area contributed by atoms with Crippen LogP contribution in [0.15, 0.2) is 65.7 Å². The summed E-state index contributed by atoms with van der Waals surface area (Å²) >= 11 is 18.3. The smallest absolute Gasteiger partial charge is 0.128 e. The van der Waals surface area contributed by atoms with Gasteiger partial charge in [0.05, 0.1) is 5.69 Å². The quantitative estimate of drug-likeness (QED) is 0.379. The summed E-state index contributed by atoms with van der Waals surface area (Å²) in [6, 6.07) is 18.9. The zero-order valence-corrected chi connectivity index (χ0v) is 17.0. The van der Waals surface area contributed by atoms with E-state index >= 15 is 0 Å². The fourth-order valence-electron chi connectivity index (χ4n) is 2.51. The van der Waals surface area contributed by atoms with Gasteiger partial charge in [-0.05, 0) is 54.4 Å². The van der Waals surface area contributed by atoms with E-state index in [0.29, 0.717) is 27.4 Å². The largest absolute Gasteiger partial charge is 0.488 e.